The van der Waals surface area contributed by atoms with Gasteiger partial charge in [-0.25, -0.2) is 0 Å². The minimum absolute atomic E-state index is 0.104. The molecule has 1 atom stereocenters. The number of rotatable bonds is 10. The van der Waals surface area contributed by atoms with Crippen LogP contribution < -0.4 is 14.8 Å². The van der Waals surface area contributed by atoms with E-state index in [0.29, 0.717) is 42.2 Å². The van der Waals surface area contributed by atoms with Gasteiger partial charge >= 0.3 is 0 Å². The minimum atomic E-state index is -0.186. The van der Waals surface area contributed by atoms with Crippen LogP contribution in [0.5, 0.6) is 11.5 Å². The molecule has 8 heteroatoms. The van der Waals surface area contributed by atoms with E-state index in [1.54, 1.807) is 25.6 Å². The normalized spacial score (nSPS) is 11.9. The maximum absolute atomic E-state index is 12.4. The molecule has 31 heavy (non-hydrogen) atoms. The van der Waals surface area contributed by atoms with E-state index in [1.165, 1.54) is 0 Å². The van der Waals surface area contributed by atoms with E-state index in [0.717, 1.165) is 11.1 Å². The fourth-order valence-corrected chi connectivity index (χ4v) is 2.92. The topological polar surface area (TPSA) is 99.4 Å². The van der Waals surface area contributed by atoms with Gasteiger partial charge in [0, 0.05) is 30.8 Å². The SMILES string of the molecule is COc1cc(C(C)NC(=O)CCc2nc(-c3cccnc3)no2)ccc1OCC(C)C. The van der Waals surface area contributed by atoms with Crippen LogP contribution in [-0.4, -0.2) is 34.7 Å². The quantitative estimate of drug-likeness (QED) is 0.525. The van der Waals surface area contributed by atoms with Crippen LogP contribution in [0.1, 0.15) is 44.7 Å². The van der Waals surface area contributed by atoms with E-state index in [4.69, 9.17) is 14.0 Å². The third kappa shape index (κ3) is 6.28. The molecule has 0 saturated carbocycles. The number of hydrogen-bond donors (Lipinski definition) is 1. The zero-order valence-electron chi connectivity index (χ0n) is 18.3. The van der Waals surface area contributed by atoms with Crippen molar-refractivity contribution in [1.82, 2.24) is 20.4 Å². The third-order valence-corrected chi connectivity index (χ3v) is 4.59. The number of pyridine rings is 1. The Morgan fingerprint density at radius 2 is 2.03 bits per heavy atom. The van der Waals surface area contributed by atoms with Crippen LogP contribution in [0.15, 0.2) is 47.2 Å². The smallest absolute Gasteiger partial charge is 0.227 e. The van der Waals surface area contributed by atoms with Gasteiger partial charge in [0.15, 0.2) is 11.5 Å². The van der Waals surface area contributed by atoms with E-state index in [-0.39, 0.29) is 18.4 Å². The molecule has 0 aliphatic rings. The molecule has 0 aliphatic heterocycles. The van der Waals surface area contributed by atoms with Crippen molar-refractivity contribution in [3.63, 3.8) is 0 Å². The molecule has 1 amide bonds. The number of hydrogen-bond acceptors (Lipinski definition) is 7. The lowest BCUT2D eigenvalue weighted by Crippen LogP contribution is -2.26. The molecule has 1 aromatic carbocycles. The van der Waals surface area contributed by atoms with Crippen molar-refractivity contribution in [3.8, 4) is 22.9 Å². The van der Waals surface area contributed by atoms with Crippen LogP contribution in [0.4, 0.5) is 0 Å². The lowest BCUT2D eigenvalue weighted by atomic mass is 10.1. The molecule has 1 unspecified atom stereocenters. The van der Waals surface area contributed by atoms with Gasteiger partial charge in [-0.15, -0.1) is 0 Å². The molecule has 0 bridgehead atoms. The van der Waals surface area contributed by atoms with Crippen LogP contribution in [0, 0.1) is 5.92 Å². The van der Waals surface area contributed by atoms with Gasteiger partial charge in [-0.05, 0) is 42.7 Å². The van der Waals surface area contributed by atoms with Crippen molar-refractivity contribution in [2.45, 2.75) is 39.7 Å². The van der Waals surface area contributed by atoms with Crippen molar-refractivity contribution < 1.29 is 18.8 Å². The zero-order chi connectivity index (χ0) is 22.2. The Morgan fingerprint density at radius 3 is 2.74 bits per heavy atom. The zero-order valence-corrected chi connectivity index (χ0v) is 18.3. The van der Waals surface area contributed by atoms with Crippen LogP contribution >= 0.6 is 0 Å². The highest BCUT2D eigenvalue weighted by Crippen LogP contribution is 2.30. The van der Waals surface area contributed by atoms with E-state index in [9.17, 15) is 4.79 Å². The predicted octanol–water partition coefficient (Wildman–Crippen LogP) is 3.99. The van der Waals surface area contributed by atoms with Crippen LogP contribution in [0.25, 0.3) is 11.4 Å². The highest BCUT2D eigenvalue weighted by atomic mass is 16.5. The largest absolute Gasteiger partial charge is 0.493 e. The van der Waals surface area contributed by atoms with E-state index in [2.05, 4.69) is 34.3 Å². The van der Waals surface area contributed by atoms with Crippen molar-refractivity contribution in [2.75, 3.05) is 13.7 Å². The lowest BCUT2D eigenvalue weighted by molar-refractivity contribution is -0.121. The first kappa shape index (κ1) is 22.3. The van der Waals surface area contributed by atoms with E-state index < -0.39 is 0 Å². The van der Waals surface area contributed by atoms with Gasteiger partial charge < -0.3 is 19.3 Å². The first-order chi connectivity index (χ1) is 15.0. The highest BCUT2D eigenvalue weighted by Gasteiger charge is 2.15. The molecular formula is C23H28N4O4. The average molecular weight is 425 g/mol. The number of methoxy groups -OCH3 is 1. The van der Waals surface area contributed by atoms with Crippen molar-refractivity contribution >= 4 is 5.91 Å². The van der Waals surface area contributed by atoms with Gasteiger partial charge in [0.1, 0.15) is 0 Å². The average Bonchev–Trinajstić information content (AvgIpc) is 3.26. The molecule has 0 aliphatic carbocycles. The molecule has 2 aromatic heterocycles. The summed E-state index contributed by atoms with van der Waals surface area (Å²) in [6.45, 7) is 6.72. The van der Waals surface area contributed by atoms with Crippen LogP contribution in [0.2, 0.25) is 0 Å². The number of aryl methyl sites for hydroxylation is 1. The molecule has 8 nitrogen and oxygen atoms in total. The molecule has 3 rings (SSSR count). The summed E-state index contributed by atoms with van der Waals surface area (Å²) in [4.78, 5) is 20.8. The van der Waals surface area contributed by atoms with Crippen molar-refractivity contribution in [1.29, 1.82) is 0 Å². The monoisotopic (exact) mass is 424 g/mol. The molecule has 164 valence electrons. The van der Waals surface area contributed by atoms with Gasteiger partial charge in [-0.2, -0.15) is 4.98 Å². The van der Waals surface area contributed by atoms with Crippen molar-refractivity contribution in [2.24, 2.45) is 5.92 Å². The number of benzene rings is 1. The lowest BCUT2D eigenvalue weighted by Gasteiger charge is -2.17. The fraction of sp³-hybridized carbons (Fsp3) is 0.391. The molecular weight excluding hydrogens is 396 g/mol. The van der Waals surface area contributed by atoms with Crippen LogP contribution in [-0.2, 0) is 11.2 Å². The molecule has 2 heterocycles. The van der Waals surface area contributed by atoms with Gasteiger partial charge in [-0.3, -0.25) is 9.78 Å². The van der Waals surface area contributed by atoms with Crippen LogP contribution in [0.3, 0.4) is 0 Å². The summed E-state index contributed by atoms with van der Waals surface area (Å²) in [6.07, 6.45) is 3.94. The minimum Gasteiger partial charge on any atom is -0.493 e. The first-order valence-corrected chi connectivity index (χ1v) is 10.3. The Labute approximate surface area is 182 Å². The molecule has 0 spiro atoms. The Hall–Kier alpha value is -3.42. The fourth-order valence-electron chi connectivity index (χ4n) is 2.92. The highest BCUT2D eigenvalue weighted by molar-refractivity contribution is 5.76. The number of nitrogens with zero attached hydrogens (tertiary/aromatic N) is 3. The molecule has 0 radical (unpaired) electrons. The van der Waals surface area contributed by atoms with E-state index in [1.807, 2.05) is 31.2 Å². The second-order valence-electron chi connectivity index (χ2n) is 7.66. The summed E-state index contributed by atoms with van der Waals surface area (Å²) in [5.41, 5.74) is 1.70. The predicted molar refractivity (Wildman–Crippen MR) is 116 cm³/mol. The number of amides is 1. The molecule has 0 fully saturated rings. The summed E-state index contributed by atoms with van der Waals surface area (Å²) < 4.78 is 16.5. The second-order valence-corrected chi connectivity index (χ2v) is 7.66. The second kappa shape index (κ2) is 10.6. The third-order valence-electron chi connectivity index (χ3n) is 4.59. The molecule has 1 N–H and O–H groups in total. The molecule has 3 aromatic rings. The van der Waals surface area contributed by atoms with Gasteiger partial charge in [0.2, 0.25) is 17.6 Å². The summed E-state index contributed by atoms with van der Waals surface area (Å²) in [7, 11) is 1.61. The molecule has 0 saturated heterocycles. The Balaban J connectivity index is 1.54. The standard InChI is InChI=1S/C23H28N4O4/c1-15(2)14-30-19-8-7-17(12-20(19)29-4)16(3)25-21(28)9-10-22-26-23(27-31-22)18-6-5-11-24-13-18/h5-8,11-13,15-16H,9-10,14H2,1-4H3,(H,25,28). The van der Waals surface area contributed by atoms with Gasteiger partial charge in [-0.1, -0.05) is 25.1 Å². The summed E-state index contributed by atoms with van der Waals surface area (Å²) in [5.74, 6) is 2.53. The number of carbonyl (C=O) groups excluding carboxylic acids is 1. The number of ether oxygens (including phenoxy) is 2. The Morgan fingerprint density at radius 1 is 1.19 bits per heavy atom. The maximum Gasteiger partial charge on any atom is 0.227 e. The van der Waals surface area contributed by atoms with Gasteiger partial charge in [0.05, 0.1) is 19.8 Å². The Bertz CT molecular complexity index is 988. The first-order valence-electron chi connectivity index (χ1n) is 10.3. The number of carbonyl (C=O) groups is 1. The summed E-state index contributed by atoms with van der Waals surface area (Å²) >= 11 is 0. The van der Waals surface area contributed by atoms with E-state index >= 15 is 0 Å². The van der Waals surface area contributed by atoms with Crippen molar-refractivity contribution in [3.05, 3.63) is 54.2 Å². The summed E-state index contributed by atoms with van der Waals surface area (Å²) in [6, 6.07) is 9.16. The summed E-state index contributed by atoms with van der Waals surface area (Å²) in [5, 5.41) is 6.93. The van der Waals surface area contributed by atoms with Gasteiger partial charge in [0.25, 0.3) is 0 Å². The number of aromatic nitrogens is 3. The number of nitrogens with one attached hydrogen (secondary N) is 1. The maximum atomic E-state index is 12.4. The Kier molecular flexibility index (Phi) is 7.59.